The van der Waals surface area contributed by atoms with E-state index < -0.39 is 11.2 Å². The van der Waals surface area contributed by atoms with E-state index in [9.17, 15) is 9.90 Å². The van der Waals surface area contributed by atoms with Crippen molar-refractivity contribution < 1.29 is 24.1 Å². The quantitative estimate of drug-likeness (QED) is 0.856. The standard InChI is InChI=1S/C18H27NO5/c1-17(2,3)24-16(20)19-11-9-18(21,10-12-19)14-5-7-15(8-6-14)23-13-22-4/h5-8,21H,9-13H2,1-4H3. The maximum absolute atomic E-state index is 12.1. The highest BCUT2D eigenvalue weighted by molar-refractivity contribution is 5.68. The summed E-state index contributed by atoms with van der Waals surface area (Å²) in [6.45, 7) is 6.66. The Morgan fingerprint density at radius 3 is 2.29 bits per heavy atom. The van der Waals surface area contributed by atoms with Crippen molar-refractivity contribution in [2.75, 3.05) is 27.0 Å². The highest BCUT2D eigenvalue weighted by atomic mass is 16.7. The summed E-state index contributed by atoms with van der Waals surface area (Å²) >= 11 is 0. The van der Waals surface area contributed by atoms with Crippen LogP contribution in [0.25, 0.3) is 0 Å². The molecular formula is C18H27NO5. The third-order valence-corrected chi connectivity index (χ3v) is 3.98. The van der Waals surface area contributed by atoms with Crippen molar-refractivity contribution in [3.05, 3.63) is 29.8 Å². The Balaban J connectivity index is 1.95. The average molecular weight is 337 g/mol. The largest absolute Gasteiger partial charge is 0.468 e. The van der Waals surface area contributed by atoms with Crippen LogP contribution in [0, 0.1) is 0 Å². The molecule has 24 heavy (non-hydrogen) atoms. The van der Waals surface area contributed by atoms with Gasteiger partial charge in [0.15, 0.2) is 6.79 Å². The maximum Gasteiger partial charge on any atom is 0.410 e. The van der Waals surface area contributed by atoms with Crippen LogP contribution in [0.1, 0.15) is 39.2 Å². The van der Waals surface area contributed by atoms with Gasteiger partial charge in [0.05, 0.1) is 5.60 Å². The van der Waals surface area contributed by atoms with E-state index in [1.54, 1.807) is 12.0 Å². The Labute approximate surface area is 143 Å². The van der Waals surface area contributed by atoms with Crippen LogP contribution in [0.2, 0.25) is 0 Å². The second-order valence-electron chi connectivity index (χ2n) is 7.07. The van der Waals surface area contributed by atoms with Crippen molar-refractivity contribution in [3.63, 3.8) is 0 Å². The van der Waals surface area contributed by atoms with Crippen LogP contribution in [0.15, 0.2) is 24.3 Å². The molecule has 1 heterocycles. The van der Waals surface area contributed by atoms with Crippen LogP contribution >= 0.6 is 0 Å². The van der Waals surface area contributed by atoms with Crippen molar-refractivity contribution in [1.82, 2.24) is 4.90 Å². The van der Waals surface area contributed by atoms with Gasteiger partial charge in [0, 0.05) is 20.2 Å². The predicted octanol–water partition coefficient (Wildman–Crippen LogP) is 2.89. The molecule has 1 fully saturated rings. The van der Waals surface area contributed by atoms with Crippen molar-refractivity contribution >= 4 is 6.09 Å². The molecule has 0 saturated carbocycles. The number of hydrogen-bond donors (Lipinski definition) is 1. The fourth-order valence-electron chi connectivity index (χ4n) is 2.66. The van der Waals surface area contributed by atoms with Gasteiger partial charge in [-0.2, -0.15) is 0 Å². The van der Waals surface area contributed by atoms with Gasteiger partial charge < -0.3 is 24.2 Å². The molecule has 1 aliphatic rings. The van der Waals surface area contributed by atoms with Crippen LogP contribution in [0.3, 0.4) is 0 Å². The summed E-state index contributed by atoms with van der Waals surface area (Å²) in [6, 6.07) is 7.33. The van der Waals surface area contributed by atoms with Crippen LogP contribution in [0.4, 0.5) is 4.79 Å². The molecule has 0 atom stereocenters. The number of benzene rings is 1. The first-order chi connectivity index (χ1) is 11.2. The molecule has 6 heteroatoms. The first-order valence-corrected chi connectivity index (χ1v) is 8.16. The summed E-state index contributed by atoms with van der Waals surface area (Å²) in [5.41, 5.74) is -0.614. The van der Waals surface area contributed by atoms with Gasteiger partial charge in [-0.3, -0.25) is 0 Å². The SMILES string of the molecule is COCOc1ccc(C2(O)CCN(C(=O)OC(C)(C)C)CC2)cc1. The number of amides is 1. The lowest BCUT2D eigenvalue weighted by Crippen LogP contribution is -2.46. The normalized spacial score (nSPS) is 17.5. The average Bonchev–Trinajstić information content (AvgIpc) is 2.52. The summed E-state index contributed by atoms with van der Waals surface area (Å²) in [5, 5.41) is 10.9. The van der Waals surface area contributed by atoms with E-state index in [0.717, 1.165) is 5.56 Å². The van der Waals surface area contributed by atoms with Gasteiger partial charge in [0.25, 0.3) is 0 Å². The summed E-state index contributed by atoms with van der Waals surface area (Å²) < 4.78 is 15.6. The van der Waals surface area contributed by atoms with E-state index in [-0.39, 0.29) is 12.9 Å². The minimum atomic E-state index is -0.932. The van der Waals surface area contributed by atoms with Crippen molar-refractivity contribution in [3.8, 4) is 5.75 Å². The van der Waals surface area contributed by atoms with E-state index in [2.05, 4.69) is 0 Å². The van der Waals surface area contributed by atoms with Crippen molar-refractivity contribution in [1.29, 1.82) is 0 Å². The fraction of sp³-hybridized carbons (Fsp3) is 0.611. The summed E-state index contributed by atoms with van der Waals surface area (Å²) in [7, 11) is 1.57. The number of likely N-dealkylation sites (tertiary alicyclic amines) is 1. The van der Waals surface area contributed by atoms with Crippen LogP contribution < -0.4 is 4.74 Å². The molecule has 0 aliphatic carbocycles. The van der Waals surface area contributed by atoms with Gasteiger partial charge in [-0.1, -0.05) is 12.1 Å². The lowest BCUT2D eigenvalue weighted by atomic mass is 9.84. The number of nitrogens with zero attached hydrogens (tertiary/aromatic N) is 1. The Kier molecular flexibility index (Phi) is 5.72. The van der Waals surface area contributed by atoms with E-state index in [0.29, 0.717) is 31.7 Å². The van der Waals surface area contributed by atoms with Crippen molar-refractivity contribution in [2.24, 2.45) is 0 Å². The van der Waals surface area contributed by atoms with Crippen molar-refractivity contribution in [2.45, 2.75) is 44.8 Å². The maximum atomic E-state index is 12.1. The fourth-order valence-corrected chi connectivity index (χ4v) is 2.66. The molecule has 2 rings (SSSR count). The van der Waals surface area contributed by atoms with Crippen LogP contribution in [-0.4, -0.2) is 48.7 Å². The number of carbonyl (C=O) groups is 1. The van der Waals surface area contributed by atoms with Gasteiger partial charge >= 0.3 is 6.09 Å². The highest BCUT2D eigenvalue weighted by Crippen LogP contribution is 2.34. The summed E-state index contributed by atoms with van der Waals surface area (Å²) in [5.74, 6) is 0.690. The number of aliphatic hydroxyl groups is 1. The van der Waals surface area contributed by atoms with Gasteiger partial charge in [0.1, 0.15) is 11.4 Å². The second-order valence-corrected chi connectivity index (χ2v) is 7.07. The van der Waals surface area contributed by atoms with Crippen LogP contribution in [-0.2, 0) is 15.1 Å². The lowest BCUT2D eigenvalue weighted by Gasteiger charge is -2.39. The predicted molar refractivity (Wildman–Crippen MR) is 89.9 cm³/mol. The van der Waals surface area contributed by atoms with E-state index in [1.807, 2.05) is 45.0 Å². The number of rotatable bonds is 4. The number of piperidine rings is 1. The molecule has 1 aromatic rings. The third-order valence-electron chi connectivity index (χ3n) is 3.98. The smallest absolute Gasteiger partial charge is 0.410 e. The number of hydrogen-bond acceptors (Lipinski definition) is 5. The number of carbonyl (C=O) groups excluding carboxylic acids is 1. The van der Waals surface area contributed by atoms with E-state index in [1.165, 1.54) is 0 Å². The molecule has 0 unspecified atom stereocenters. The second kappa shape index (κ2) is 7.40. The van der Waals surface area contributed by atoms with E-state index in [4.69, 9.17) is 14.2 Å². The Bertz CT molecular complexity index is 542. The number of methoxy groups -OCH3 is 1. The lowest BCUT2D eigenvalue weighted by molar-refractivity contribution is -0.0356. The Morgan fingerprint density at radius 2 is 1.79 bits per heavy atom. The molecule has 6 nitrogen and oxygen atoms in total. The van der Waals surface area contributed by atoms with E-state index >= 15 is 0 Å². The molecule has 0 spiro atoms. The number of ether oxygens (including phenoxy) is 3. The molecule has 0 aromatic heterocycles. The minimum absolute atomic E-state index is 0.189. The molecule has 1 aromatic carbocycles. The Hall–Kier alpha value is -1.79. The first-order valence-electron chi connectivity index (χ1n) is 8.16. The first kappa shape index (κ1) is 18.5. The molecule has 1 saturated heterocycles. The zero-order valence-corrected chi connectivity index (χ0v) is 14.9. The topological polar surface area (TPSA) is 68.2 Å². The van der Waals surface area contributed by atoms with Crippen LogP contribution in [0.5, 0.6) is 5.75 Å². The molecular weight excluding hydrogens is 310 g/mol. The molecule has 1 N–H and O–H groups in total. The van der Waals surface area contributed by atoms with Gasteiger partial charge in [-0.25, -0.2) is 4.79 Å². The molecule has 1 amide bonds. The molecule has 0 radical (unpaired) electrons. The summed E-state index contributed by atoms with van der Waals surface area (Å²) in [4.78, 5) is 13.7. The monoisotopic (exact) mass is 337 g/mol. The zero-order chi connectivity index (χ0) is 17.8. The van der Waals surface area contributed by atoms with Gasteiger partial charge in [-0.05, 0) is 51.3 Å². The molecule has 134 valence electrons. The van der Waals surface area contributed by atoms with Gasteiger partial charge in [0.2, 0.25) is 0 Å². The minimum Gasteiger partial charge on any atom is -0.468 e. The Morgan fingerprint density at radius 1 is 1.21 bits per heavy atom. The highest BCUT2D eigenvalue weighted by Gasteiger charge is 2.36. The third kappa shape index (κ3) is 4.85. The molecule has 1 aliphatic heterocycles. The molecule has 0 bridgehead atoms. The van der Waals surface area contributed by atoms with Gasteiger partial charge in [-0.15, -0.1) is 0 Å². The zero-order valence-electron chi connectivity index (χ0n) is 14.9. The summed E-state index contributed by atoms with van der Waals surface area (Å²) in [6.07, 6.45) is 0.627.